The van der Waals surface area contributed by atoms with Crippen molar-refractivity contribution in [2.45, 2.75) is 13.0 Å². The Morgan fingerprint density at radius 3 is 2.21 bits per heavy atom. The number of nitrogens with one attached hydrogen (secondary N) is 3. The minimum atomic E-state index is -0.694. The summed E-state index contributed by atoms with van der Waals surface area (Å²) in [6, 6.07) is 22.8. The highest BCUT2D eigenvalue weighted by molar-refractivity contribution is 6.36. The van der Waals surface area contributed by atoms with Crippen LogP contribution in [-0.2, 0) is 22.6 Å². The summed E-state index contributed by atoms with van der Waals surface area (Å²) in [5, 5.41) is 13.0. The van der Waals surface area contributed by atoms with Gasteiger partial charge in [-0.3, -0.25) is 19.8 Å². The average molecular weight is 459 g/mol. The third-order valence-electron chi connectivity index (χ3n) is 4.96. The molecule has 3 rings (SSSR count). The van der Waals surface area contributed by atoms with Crippen LogP contribution in [0.3, 0.4) is 0 Å². The molecule has 0 spiro atoms. The van der Waals surface area contributed by atoms with Gasteiger partial charge in [-0.2, -0.15) is 0 Å². The second-order valence-corrected chi connectivity index (χ2v) is 7.47. The van der Waals surface area contributed by atoms with E-state index >= 15 is 0 Å². The fourth-order valence-electron chi connectivity index (χ4n) is 3.15. The molecule has 0 bridgehead atoms. The summed E-state index contributed by atoms with van der Waals surface area (Å²) in [4.78, 5) is 36.9. The van der Waals surface area contributed by atoms with E-state index in [0.717, 1.165) is 5.56 Å². The normalized spacial score (nSPS) is 10.2. The van der Waals surface area contributed by atoms with E-state index in [4.69, 9.17) is 15.9 Å². The van der Waals surface area contributed by atoms with Crippen LogP contribution in [0.2, 0.25) is 0 Å². The Balaban J connectivity index is 1.59. The molecule has 0 heterocycles. The van der Waals surface area contributed by atoms with Crippen LogP contribution in [-0.4, -0.2) is 36.6 Å². The van der Waals surface area contributed by atoms with Gasteiger partial charge in [-0.05, 0) is 23.8 Å². The molecule has 0 radical (unpaired) electrons. The molecule has 8 heteroatoms. The van der Waals surface area contributed by atoms with E-state index in [1.54, 1.807) is 42.5 Å². The average Bonchev–Trinajstić information content (AvgIpc) is 2.86. The molecule has 0 aromatic heterocycles. The molecule has 0 saturated carbocycles. The predicted octanol–water partition coefficient (Wildman–Crippen LogP) is 2.21. The van der Waals surface area contributed by atoms with Gasteiger partial charge in [0.2, 0.25) is 5.78 Å². The van der Waals surface area contributed by atoms with Gasteiger partial charge in [-0.1, -0.05) is 60.7 Å². The molecule has 0 aliphatic carbocycles. The summed E-state index contributed by atoms with van der Waals surface area (Å²) in [6.45, 7) is 0.601. The SMILES string of the molecule is N=C(N)c1ccc(CC(=O)C(=O)NCc2ccccc2)c(OCCNC(=O)c2ccccc2)c1. The second-order valence-electron chi connectivity index (χ2n) is 7.47. The molecule has 0 unspecified atom stereocenters. The molecule has 34 heavy (non-hydrogen) atoms. The summed E-state index contributed by atoms with van der Waals surface area (Å²) < 4.78 is 5.77. The Morgan fingerprint density at radius 2 is 1.53 bits per heavy atom. The van der Waals surface area contributed by atoms with Gasteiger partial charge in [0.25, 0.3) is 11.8 Å². The minimum absolute atomic E-state index is 0.126. The van der Waals surface area contributed by atoms with Gasteiger partial charge >= 0.3 is 0 Å². The Labute approximate surface area is 197 Å². The highest BCUT2D eigenvalue weighted by Gasteiger charge is 2.17. The van der Waals surface area contributed by atoms with Crippen LogP contribution in [0.1, 0.15) is 27.0 Å². The van der Waals surface area contributed by atoms with E-state index < -0.39 is 11.7 Å². The van der Waals surface area contributed by atoms with Crippen molar-refractivity contribution in [3.8, 4) is 5.75 Å². The van der Waals surface area contributed by atoms with E-state index in [2.05, 4.69) is 10.6 Å². The van der Waals surface area contributed by atoms with Crippen LogP contribution in [0.15, 0.2) is 78.9 Å². The first-order chi connectivity index (χ1) is 16.4. The van der Waals surface area contributed by atoms with Gasteiger partial charge < -0.3 is 21.1 Å². The Hall–Kier alpha value is -4.46. The Kier molecular flexibility index (Phi) is 8.51. The lowest BCUT2D eigenvalue weighted by molar-refractivity contribution is -0.137. The molecule has 174 valence electrons. The summed E-state index contributed by atoms with van der Waals surface area (Å²) in [5.41, 5.74) is 7.91. The number of amides is 2. The van der Waals surface area contributed by atoms with Crippen molar-refractivity contribution in [1.29, 1.82) is 5.41 Å². The van der Waals surface area contributed by atoms with Crippen molar-refractivity contribution in [1.82, 2.24) is 10.6 Å². The van der Waals surface area contributed by atoms with Crippen LogP contribution < -0.4 is 21.1 Å². The van der Waals surface area contributed by atoms with Crippen LogP contribution in [0.5, 0.6) is 5.75 Å². The summed E-state index contributed by atoms with van der Waals surface area (Å²) in [6.07, 6.45) is -0.176. The number of benzene rings is 3. The first-order valence-corrected chi connectivity index (χ1v) is 10.7. The Morgan fingerprint density at radius 1 is 0.853 bits per heavy atom. The third kappa shape index (κ3) is 7.03. The maximum Gasteiger partial charge on any atom is 0.287 e. The molecular weight excluding hydrogens is 432 g/mol. The number of ketones is 1. The van der Waals surface area contributed by atoms with Crippen molar-refractivity contribution in [3.63, 3.8) is 0 Å². The van der Waals surface area contributed by atoms with Gasteiger partial charge in [0.05, 0.1) is 6.54 Å². The number of carbonyl (C=O) groups excluding carboxylic acids is 3. The van der Waals surface area contributed by atoms with Gasteiger partial charge in [0.15, 0.2) is 0 Å². The molecule has 0 fully saturated rings. The fourth-order valence-corrected chi connectivity index (χ4v) is 3.15. The van der Waals surface area contributed by atoms with Crippen molar-refractivity contribution >= 4 is 23.4 Å². The van der Waals surface area contributed by atoms with Crippen LogP contribution in [0.25, 0.3) is 0 Å². The largest absolute Gasteiger partial charge is 0.491 e. The van der Waals surface area contributed by atoms with Crippen molar-refractivity contribution in [2.24, 2.45) is 5.73 Å². The van der Waals surface area contributed by atoms with Gasteiger partial charge in [-0.25, -0.2) is 0 Å². The lowest BCUT2D eigenvalue weighted by atomic mass is 10.0. The smallest absolute Gasteiger partial charge is 0.287 e. The summed E-state index contributed by atoms with van der Waals surface area (Å²) in [7, 11) is 0. The fraction of sp³-hybridized carbons (Fsp3) is 0.154. The molecule has 3 aromatic rings. The number of amidine groups is 1. The lowest BCUT2D eigenvalue weighted by Crippen LogP contribution is -2.32. The molecule has 3 aromatic carbocycles. The van der Waals surface area contributed by atoms with Gasteiger partial charge in [0, 0.05) is 29.7 Å². The van der Waals surface area contributed by atoms with Crippen LogP contribution in [0.4, 0.5) is 0 Å². The molecule has 5 N–H and O–H groups in total. The van der Waals surface area contributed by atoms with Crippen LogP contribution >= 0.6 is 0 Å². The first-order valence-electron chi connectivity index (χ1n) is 10.7. The number of hydrogen-bond donors (Lipinski definition) is 4. The molecule has 8 nitrogen and oxygen atoms in total. The zero-order valence-electron chi connectivity index (χ0n) is 18.5. The zero-order valence-corrected chi connectivity index (χ0v) is 18.5. The predicted molar refractivity (Wildman–Crippen MR) is 129 cm³/mol. The van der Waals surface area contributed by atoms with E-state index in [1.165, 1.54) is 0 Å². The molecule has 2 amide bonds. The summed E-state index contributed by atoms with van der Waals surface area (Å²) in [5.74, 6) is -1.37. The van der Waals surface area contributed by atoms with Crippen LogP contribution in [0, 0.1) is 5.41 Å². The second kappa shape index (κ2) is 12.0. The van der Waals surface area contributed by atoms with E-state index in [-0.39, 0.29) is 37.9 Å². The Bertz CT molecular complexity index is 1160. The third-order valence-corrected chi connectivity index (χ3v) is 4.96. The molecule has 0 atom stereocenters. The first kappa shape index (κ1) is 24.2. The highest BCUT2D eigenvalue weighted by Crippen LogP contribution is 2.21. The van der Waals surface area contributed by atoms with E-state index in [1.807, 2.05) is 36.4 Å². The van der Waals surface area contributed by atoms with Crippen molar-refractivity contribution in [3.05, 3.63) is 101 Å². The van der Waals surface area contributed by atoms with Crippen molar-refractivity contribution in [2.75, 3.05) is 13.2 Å². The molecule has 0 aliphatic heterocycles. The number of carbonyl (C=O) groups is 3. The minimum Gasteiger partial charge on any atom is -0.491 e. The summed E-state index contributed by atoms with van der Waals surface area (Å²) >= 11 is 0. The van der Waals surface area contributed by atoms with Crippen molar-refractivity contribution < 1.29 is 19.1 Å². The maximum absolute atomic E-state index is 12.5. The maximum atomic E-state index is 12.5. The topological polar surface area (TPSA) is 134 Å². The molecule has 0 saturated heterocycles. The highest BCUT2D eigenvalue weighted by atomic mass is 16.5. The number of nitrogen functional groups attached to an aromatic ring is 1. The monoisotopic (exact) mass is 458 g/mol. The number of rotatable bonds is 11. The standard InChI is InChI=1S/C26H26N4O4/c27-24(28)21-12-11-20(15-22(31)26(33)30-17-18-7-3-1-4-8-18)23(16-21)34-14-13-29-25(32)19-9-5-2-6-10-19/h1-12,16H,13-15,17H2,(H3,27,28)(H,29,32)(H,30,33). The molecule has 0 aliphatic rings. The van der Waals surface area contributed by atoms with E-state index in [9.17, 15) is 14.4 Å². The molecular formula is C26H26N4O4. The number of ether oxygens (including phenoxy) is 1. The van der Waals surface area contributed by atoms with E-state index in [0.29, 0.717) is 22.4 Å². The quantitative estimate of drug-likeness (QED) is 0.151. The van der Waals surface area contributed by atoms with Gasteiger partial charge in [-0.15, -0.1) is 0 Å². The number of nitrogens with two attached hydrogens (primary N) is 1. The number of hydrogen-bond acceptors (Lipinski definition) is 5. The zero-order chi connectivity index (χ0) is 24.3. The van der Waals surface area contributed by atoms with Gasteiger partial charge in [0.1, 0.15) is 18.2 Å². The number of Topliss-reactive ketones (excluding diaryl/α,β-unsaturated/α-hetero) is 1. The lowest BCUT2D eigenvalue weighted by Gasteiger charge is -2.13.